The highest BCUT2D eigenvalue weighted by Gasteiger charge is 2.17. The van der Waals surface area contributed by atoms with Crippen LogP contribution in [0.4, 0.5) is 0 Å². The summed E-state index contributed by atoms with van der Waals surface area (Å²) in [7, 11) is 0. The van der Waals surface area contributed by atoms with Crippen LogP contribution in [-0.2, 0) is 11.2 Å². The molecule has 0 radical (unpaired) electrons. The van der Waals surface area contributed by atoms with Gasteiger partial charge in [-0.3, -0.25) is 0 Å². The average Bonchev–Trinajstić information content (AvgIpc) is 2.48. The molecular weight excluding hydrogens is 248 g/mol. The van der Waals surface area contributed by atoms with Crippen molar-refractivity contribution < 1.29 is 4.74 Å². The van der Waals surface area contributed by atoms with Crippen LogP contribution in [0.3, 0.4) is 0 Å². The van der Waals surface area contributed by atoms with Crippen LogP contribution in [0.25, 0.3) is 0 Å². The van der Waals surface area contributed by atoms with Gasteiger partial charge in [0.25, 0.3) is 0 Å². The van der Waals surface area contributed by atoms with E-state index in [0.29, 0.717) is 18.1 Å². The Bertz CT molecular complexity index is 384. The Balaban J connectivity index is 1.81. The molecule has 3 heteroatoms. The Morgan fingerprint density at radius 3 is 2.65 bits per heavy atom. The maximum Gasteiger partial charge on any atom is 0.0620 e. The molecule has 0 aromatic heterocycles. The van der Waals surface area contributed by atoms with Gasteiger partial charge in [0, 0.05) is 24.7 Å². The number of hydrogen-bond acceptors (Lipinski definition) is 3. The highest BCUT2D eigenvalue weighted by atomic mass is 16.5. The number of aryl methyl sites for hydroxylation is 1. The van der Waals surface area contributed by atoms with E-state index in [2.05, 4.69) is 55.7 Å². The molecule has 3 atom stereocenters. The molecular formula is C17H28N2O. The zero-order valence-electron chi connectivity index (χ0n) is 13.0. The fourth-order valence-electron chi connectivity index (χ4n) is 2.83. The predicted molar refractivity (Wildman–Crippen MR) is 84.1 cm³/mol. The number of nitrogens with one attached hydrogen (secondary N) is 2. The summed E-state index contributed by atoms with van der Waals surface area (Å²) in [4.78, 5) is 0. The van der Waals surface area contributed by atoms with Crippen molar-refractivity contribution in [3.8, 4) is 0 Å². The van der Waals surface area contributed by atoms with E-state index in [0.717, 1.165) is 32.6 Å². The van der Waals surface area contributed by atoms with Crippen molar-refractivity contribution >= 4 is 0 Å². The first-order valence-electron chi connectivity index (χ1n) is 7.85. The second-order valence-corrected chi connectivity index (χ2v) is 5.85. The first-order chi connectivity index (χ1) is 9.69. The van der Waals surface area contributed by atoms with E-state index in [1.807, 2.05) is 0 Å². The summed E-state index contributed by atoms with van der Waals surface area (Å²) in [5.74, 6) is 0. The number of rotatable bonds is 6. The Morgan fingerprint density at radius 2 is 2.05 bits per heavy atom. The lowest BCUT2D eigenvalue weighted by Gasteiger charge is -2.28. The third-order valence-corrected chi connectivity index (χ3v) is 4.06. The van der Waals surface area contributed by atoms with Gasteiger partial charge in [-0.2, -0.15) is 0 Å². The Kier molecular flexibility index (Phi) is 6.02. The Hall–Kier alpha value is -0.900. The molecule has 0 amide bonds. The van der Waals surface area contributed by atoms with E-state index in [1.54, 1.807) is 0 Å². The van der Waals surface area contributed by atoms with Crippen molar-refractivity contribution in [2.45, 2.75) is 51.7 Å². The maximum atomic E-state index is 5.51. The standard InChI is InChI=1S/C17H28N2O/c1-4-15-5-7-16(8-6-15)14(3)19-13(2)11-17-12-20-10-9-18-17/h5-8,13-14,17-19H,4,9-12H2,1-3H3. The molecule has 3 nitrogen and oxygen atoms in total. The van der Waals surface area contributed by atoms with Crippen LogP contribution in [0.15, 0.2) is 24.3 Å². The first kappa shape index (κ1) is 15.5. The smallest absolute Gasteiger partial charge is 0.0620 e. The third kappa shape index (κ3) is 4.58. The number of morpholine rings is 1. The SMILES string of the molecule is CCc1ccc(C(C)NC(C)CC2COCCN2)cc1. The lowest BCUT2D eigenvalue weighted by atomic mass is 10.0. The van der Waals surface area contributed by atoms with Crippen LogP contribution in [0.2, 0.25) is 0 Å². The van der Waals surface area contributed by atoms with E-state index >= 15 is 0 Å². The van der Waals surface area contributed by atoms with Crippen LogP contribution in [0.1, 0.15) is 44.4 Å². The molecule has 1 aliphatic rings. The van der Waals surface area contributed by atoms with Crippen molar-refractivity contribution in [3.63, 3.8) is 0 Å². The number of benzene rings is 1. The highest BCUT2D eigenvalue weighted by Crippen LogP contribution is 2.15. The minimum Gasteiger partial charge on any atom is -0.379 e. The molecule has 1 aliphatic heterocycles. The molecule has 2 rings (SSSR count). The fraction of sp³-hybridized carbons (Fsp3) is 0.647. The van der Waals surface area contributed by atoms with Gasteiger partial charge in [-0.1, -0.05) is 31.2 Å². The van der Waals surface area contributed by atoms with Gasteiger partial charge in [0.2, 0.25) is 0 Å². The molecule has 3 unspecified atom stereocenters. The highest BCUT2D eigenvalue weighted by molar-refractivity contribution is 5.24. The summed E-state index contributed by atoms with van der Waals surface area (Å²) < 4.78 is 5.51. The van der Waals surface area contributed by atoms with Crippen molar-refractivity contribution in [1.29, 1.82) is 0 Å². The molecule has 0 saturated carbocycles. The molecule has 1 fully saturated rings. The van der Waals surface area contributed by atoms with Gasteiger partial charge in [-0.15, -0.1) is 0 Å². The van der Waals surface area contributed by atoms with Crippen molar-refractivity contribution in [2.24, 2.45) is 0 Å². The molecule has 0 aliphatic carbocycles. The summed E-state index contributed by atoms with van der Waals surface area (Å²) in [6.07, 6.45) is 2.21. The lowest BCUT2D eigenvalue weighted by molar-refractivity contribution is 0.0708. The zero-order valence-corrected chi connectivity index (χ0v) is 13.0. The Labute approximate surface area is 123 Å². The second-order valence-electron chi connectivity index (χ2n) is 5.85. The summed E-state index contributed by atoms with van der Waals surface area (Å²) in [5.41, 5.74) is 2.76. The summed E-state index contributed by atoms with van der Waals surface area (Å²) in [5, 5.41) is 7.20. The van der Waals surface area contributed by atoms with Gasteiger partial charge in [-0.05, 0) is 37.8 Å². The second kappa shape index (κ2) is 7.77. The van der Waals surface area contributed by atoms with Gasteiger partial charge < -0.3 is 15.4 Å². The minimum atomic E-state index is 0.389. The predicted octanol–water partition coefficient (Wildman–Crippen LogP) is 2.67. The molecule has 0 spiro atoms. The fourth-order valence-corrected chi connectivity index (χ4v) is 2.83. The largest absolute Gasteiger partial charge is 0.379 e. The van der Waals surface area contributed by atoms with Crippen molar-refractivity contribution in [1.82, 2.24) is 10.6 Å². The molecule has 2 N–H and O–H groups in total. The van der Waals surface area contributed by atoms with Gasteiger partial charge in [0.05, 0.1) is 13.2 Å². The normalized spacial score (nSPS) is 22.4. The van der Waals surface area contributed by atoms with Crippen LogP contribution in [0.5, 0.6) is 0 Å². The molecule has 0 bridgehead atoms. The minimum absolute atomic E-state index is 0.389. The topological polar surface area (TPSA) is 33.3 Å². The van der Waals surface area contributed by atoms with E-state index in [1.165, 1.54) is 11.1 Å². The number of ether oxygens (including phenoxy) is 1. The molecule has 1 aromatic rings. The quantitative estimate of drug-likeness (QED) is 0.838. The molecule has 1 heterocycles. The molecule has 20 heavy (non-hydrogen) atoms. The van der Waals surface area contributed by atoms with Gasteiger partial charge >= 0.3 is 0 Å². The average molecular weight is 276 g/mol. The van der Waals surface area contributed by atoms with Crippen LogP contribution < -0.4 is 10.6 Å². The van der Waals surface area contributed by atoms with Gasteiger partial charge in [-0.25, -0.2) is 0 Å². The monoisotopic (exact) mass is 276 g/mol. The first-order valence-corrected chi connectivity index (χ1v) is 7.85. The van der Waals surface area contributed by atoms with Gasteiger partial charge in [0.15, 0.2) is 0 Å². The van der Waals surface area contributed by atoms with E-state index in [9.17, 15) is 0 Å². The third-order valence-electron chi connectivity index (χ3n) is 4.06. The lowest BCUT2D eigenvalue weighted by Crippen LogP contribution is -2.45. The summed E-state index contributed by atoms with van der Waals surface area (Å²) in [6, 6.07) is 10.3. The van der Waals surface area contributed by atoms with E-state index in [4.69, 9.17) is 4.74 Å². The number of hydrogen-bond donors (Lipinski definition) is 2. The molecule has 1 saturated heterocycles. The molecule has 1 aromatic carbocycles. The van der Waals surface area contributed by atoms with Crippen LogP contribution in [0, 0.1) is 0 Å². The van der Waals surface area contributed by atoms with Crippen LogP contribution >= 0.6 is 0 Å². The van der Waals surface area contributed by atoms with E-state index < -0.39 is 0 Å². The summed E-state index contributed by atoms with van der Waals surface area (Å²) >= 11 is 0. The van der Waals surface area contributed by atoms with Crippen LogP contribution in [-0.4, -0.2) is 31.8 Å². The van der Waals surface area contributed by atoms with E-state index in [-0.39, 0.29) is 0 Å². The zero-order chi connectivity index (χ0) is 14.4. The van der Waals surface area contributed by atoms with Crippen molar-refractivity contribution in [2.75, 3.05) is 19.8 Å². The van der Waals surface area contributed by atoms with Crippen molar-refractivity contribution in [3.05, 3.63) is 35.4 Å². The van der Waals surface area contributed by atoms with Gasteiger partial charge in [0.1, 0.15) is 0 Å². The molecule has 112 valence electrons. The maximum absolute atomic E-state index is 5.51. The summed E-state index contributed by atoms with van der Waals surface area (Å²) in [6.45, 7) is 9.35. The Morgan fingerprint density at radius 1 is 1.30 bits per heavy atom.